The number of pyridine rings is 1. The van der Waals surface area contributed by atoms with Gasteiger partial charge in [0.2, 0.25) is 5.88 Å². The van der Waals surface area contributed by atoms with E-state index in [1.807, 2.05) is 18.2 Å². The van der Waals surface area contributed by atoms with Gasteiger partial charge in [-0.2, -0.15) is 0 Å². The molecule has 0 aliphatic rings. The van der Waals surface area contributed by atoms with Crippen molar-refractivity contribution in [1.82, 2.24) is 4.98 Å². The van der Waals surface area contributed by atoms with Gasteiger partial charge in [0.25, 0.3) is 0 Å². The molecule has 0 unspecified atom stereocenters. The molecule has 0 aliphatic heterocycles. The molecule has 1 aromatic carbocycles. The molecule has 0 amide bonds. The van der Waals surface area contributed by atoms with Crippen molar-refractivity contribution in [2.45, 2.75) is 26.3 Å². The fourth-order valence-corrected chi connectivity index (χ4v) is 2.26. The highest BCUT2D eigenvalue weighted by Gasteiger charge is 2.06. The van der Waals surface area contributed by atoms with Crippen LogP contribution in [0, 0.1) is 0 Å². The highest BCUT2D eigenvalue weighted by Crippen LogP contribution is 2.29. The number of nitrogens with zero attached hydrogens (tertiary/aromatic N) is 2. The number of nitrogens with two attached hydrogens (primary N) is 1. The molecular weight excluding hydrogens is 459 g/mol. The third-order valence-electron chi connectivity index (χ3n) is 3.66. The zero-order chi connectivity index (χ0) is 18.8. The Kier molecular flexibility index (Phi) is 10.3. The fraction of sp³-hybridized carbons (Fsp3) is 0.368. The Morgan fingerprint density at radius 1 is 1.19 bits per heavy atom. The minimum Gasteiger partial charge on any atom is -0.493 e. The van der Waals surface area contributed by atoms with E-state index in [0.29, 0.717) is 36.5 Å². The molecule has 0 radical (unpaired) electrons. The van der Waals surface area contributed by atoms with Crippen molar-refractivity contribution in [2.24, 2.45) is 10.7 Å². The highest BCUT2D eigenvalue weighted by molar-refractivity contribution is 14.0. The number of guanidine groups is 1. The number of methoxy groups -OCH3 is 2. The summed E-state index contributed by atoms with van der Waals surface area (Å²) in [5.74, 6) is 2.16. The highest BCUT2D eigenvalue weighted by atomic mass is 127. The summed E-state index contributed by atoms with van der Waals surface area (Å²) in [5, 5.41) is 3.04. The molecular formula is C19H27IN4O3. The summed E-state index contributed by atoms with van der Waals surface area (Å²) in [4.78, 5) is 8.64. The van der Waals surface area contributed by atoms with Crippen LogP contribution >= 0.6 is 24.0 Å². The SMILES string of the molecule is CCCCOc1ncccc1CN=C(N)Nc1ccc(OC)c(OC)c1.I. The van der Waals surface area contributed by atoms with Crippen molar-refractivity contribution in [3.63, 3.8) is 0 Å². The lowest BCUT2D eigenvalue weighted by Crippen LogP contribution is -2.22. The van der Waals surface area contributed by atoms with E-state index in [1.54, 1.807) is 32.5 Å². The third kappa shape index (κ3) is 7.12. The summed E-state index contributed by atoms with van der Waals surface area (Å²) in [6.45, 7) is 3.14. The Bertz CT molecular complexity index is 741. The van der Waals surface area contributed by atoms with Crippen LogP contribution in [0.4, 0.5) is 5.69 Å². The molecule has 2 aromatic rings. The number of rotatable bonds is 9. The Morgan fingerprint density at radius 2 is 1.96 bits per heavy atom. The monoisotopic (exact) mass is 486 g/mol. The Morgan fingerprint density at radius 3 is 2.67 bits per heavy atom. The van der Waals surface area contributed by atoms with Crippen LogP contribution in [0.1, 0.15) is 25.3 Å². The van der Waals surface area contributed by atoms with Crippen molar-refractivity contribution in [3.05, 3.63) is 42.1 Å². The summed E-state index contributed by atoms with van der Waals surface area (Å²) in [5.41, 5.74) is 7.64. The van der Waals surface area contributed by atoms with Crippen molar-refractivity contribution in [2.75, 3.05) is 26.1 Å². The van der Waals surface area contributed by atoms with Crippen molar-refractivity contribution >= 4 is 35.6 Å². The van der Waals surface area contributed by atoms with E-state index >= 15 is 0 Å². The van der Waals surface area contributed by atoms with Gasteiger partial charge in [0.1, 0.15) is 0 Å². The summed E-state index contributed by atoms with van der Waals surface area (Å²) in [7, 11) is 3.18. The number of benzene rings is 1. The second-order valence-electron chi connectivity index (χ2n) is 5.57. The molecule has 0 spiro atoms. The molecule has 148 valence electrons. The van der Waals surface area contributed by atoms with E-state index < -0.39 is 0 Å². The first kappa shape index (κ1) is 22.8. The van der Waals surface area contributed by atoms with Gasteiger partial charge in [0, 0.05) is 23.5 Å². The number of nitrogens with one attached hydrogen (secondary N) is 1. The molecule has 7 nitrogen and oxygen atoms in total. The van der Waals surface area contributed by atoms with E-state index in [4.69, 9.17) is 19.9 Å². The standard InChI is InChI=1S/C19H26N4O3.HI/c1-4-5-11-26-18-14(7-6-10-21-18)13-22-19(20)23-15-8-9-16(24-2)17(12-15)25-3;/h6-10,12H,4-5,11,13H2,1-3H3,(H3,20,22,23);1H. The average Bonchev–Trinajstić information content (AvgIpc) is 2.67. The van der Waals surface area contributed by atoms with Gasteiger partial charge >= 0.3 is 0 Å². The van der Waals surface area contributed by atoms with Gasteiger partial charge < -0.3 is 25.3 Å². The molecule has 27 heavy (non-hydrogen) atoms. The fourth-order valence-electron chi connectivity index (χ4n) is 2.26. The number of ether oxygens (including phenoxy) is 3. The Balaban J connectivity index is 0.00000364. The maximum absolute atomic E-state index is 5.99. The molecule has 1 heterocycles. The number of aliphatic imine (C=N–C) groups is 1. The van der Waals surface area contributed by atoms with Crippen LogP contribution in [-0.4, -0.2) is 31.8 Å². The van der Waals surface area contributed by atoms with Crippen LogP contribution in [0.3, 0.4) is 0 Å². The number of anilines is 1. The molecule has 0 atom stereocenters. The molecule has 3 N–H and O–H groups in total. The van der Waals surface area contributed by atoms with E-state index in [0.717, 1.165) is 24.1 Å². The van der Waals surface area contributed by atoms with Crippen LogP contribution in [0.15, 0.2) is 41.5 Å². The first-order chi connectivity index (χ1) is 12.7. The zero-order valence-corrected chi connectivity index (χ0v) is 18.2. The smallest absolute Gasteiger partial charge is 0.218 e. The lowest BCUT2D eigenvalue weighted by Gasteiger charge is -2.11. The first-order valence-corrected chi connectivity index (χ1v) is 8.53. The Labute approximate surface area is 177 Å². The van der Waals surface area contributed by atoms with Crippen LogP contribution in [0.2, 0.25) is 0 Å². The molecule has 0 aliphatic carbocycles. The van der Waals surface area contributed by atoms with Gasteiger partial charge in [-0.05, 0) is 24.6 Å². The van der Waals surface area contributed by atoms with Crippen molar-refractivity contribution in [1.29, 1.82) is 0 Å². The summed E-state index contributed by atoms with van der Waals surface area (Å²) in [6.07, 6.45) is 3.77. The maximum atomic E-state index is 5.99. The number of unbranched alkanes of at least 4 members (excludes halogenated alkanes) is 1. The van der Waals surface area contributed by atoms with Gasteiger partial charge in [0.05, 0.1) is 27.4 Å². The summed E-state index contributed by atoms with van der Waals surface area (Å²) < 4.78 is 16.2. The van der Waals surface area contributed by atoms with Crippen molar-refractivity contribution in [3.8, 4) is 17.4 Å². The third-order valence-corrected chi connectivity index (χ3v) is 3.66. The largest absolute Gasteiger partial charge is 0.493 e. The van der Waals surface area contributed by atoms with Gasteiger partial charge in [-0.3, -0.25) is 0 Å². The van der Waals surface area contributed by atoms with Crippen LogP contribution in [0.5, 0.6) is 17.4 Å². The Hall–Kier alpha value is -2.23. The molecule has 0 saturated carbocycles. The van der Waals surface area contributed by atoms with Crippen LogP contribution < -0.4 is 25.3 Å². The van der Waals surface area contributed by atoms with Gasteiger partial charge in [-0.25, -0.2) is 9.98 Å². The quantitative estimate of drug-likeness (QED) is 0.243. The summed E-state index contributed by atoms with van der Waals surface area (Å²) >= 11 is 0. The molecule has 8 heteroatoms. The molecule has 1 aromatic heterocycles. The average molecular weight is 486 g/mol. The van der Waals surface area contributed by atoms with E-state index in [2.05, 4.69) is 22.2 Å². The van der Waals surface area contributed by atoms with Crippen LogP contribution in [-0.2, 0) is 6.54 Å². The van der Waals surface area contributed by atoms with E-state index in [-0.39, 0.29) is 24.0 Å². The minimum absolute atomic E-state index is 0. The molecule has 0 saturated heterocycles. The molecule has 2 rings (SSSR count). The van der Waals surface area contributed by atoms with Gasteiger partial charge in [-0.1, -0.05) is 19.4 Å². The number of hydrogen-bond donors (Lipinski definition) is 2. The normalized spacial score (nSPS) is 10.7. The van der Waals surface area contributed by atoms with Gasteiger partial charge in [-0.15, -0.1) is 24.0 Å². The lowest BCUT2D eigenvalue weighted by molar-refractivity contribution is 0.294. The van der Waals surface area contributed by atoms with Crippen LogP contribution in [0.25, 0.3) is 0 Å². The second kappa shape index (κ2) is 12.2. The topological polar surface area (TPSA) is 91.0 Å². The predicted octanol–water partition coefficient (Wildman–Crippen LogP) is 3.82. The van der Waals surface area contributed by atoms with Gasteiger partial charge in [0.15, 0.2) is 17.5 Å². The number of aromatic nitrogens is 1. The predicted molar refractivity (Wildman–Crippen MR) is 119 cm³/mol. The molecule has 0 fully saturated rings. The van der Waals surface area contributed by atoms with Crippen molar-refractivity contribution < 1.29 is 14.2 Å². The first-order valence-electron chi connectivity index (χ1n) is 8.53. The van der Waals surface area contributed by atoms with E-state index in [1.165, 1.54) is 0 Å². The maximum Gasteiger partial charge on any atom is 0.218 e. The zero-order valence-electron chi connectivity index (χ0n) is 15.9. The second-order valence-corrected chi connectivity index (χ2v) is 5.57. The minimum atomic E-state index is 0. The summed E-state index contributed by atoms with van der Waals surface area (Å²) in [6, 6.07) is 9.23. The number of hydrogen-bond acceptors (Lipinski definition) is 5. The molecule has 0 bridgehead atoms. The number of halogens is 1. The lowest BCUT2D eigenvalue weighted by atomic mass is 10.2. The van der Waals surface area contributed by atoms with E-state index in [9.17, 15) is 0 Å².